The SMILES string of the molecule is CC(C)c1ccc(C(C)C)c2nnccc12. The molecule has 84 valence electrons. The summed E-state index contributed by atoms with van der Waals surface area (Å²) in [7, 11) is 0. The predicted octanol–water partition coefficient (Wildman–Crippen LogP) is 3.88. The van der Waals surface area contributed by atoms with Crippen LogP contribution in [0.4, 0.5) is 0 Å². The average Bonchev–Trinajstić information content (AvgIpc) is 2.27. The molecule has 0 atom stereocenters. The van der Waals surface area contributed by atoms with E-state index >= 15 is 0 Å². The normalized spacial score (nSPS) is 11.6. The van der Waals surface area contributed by atoms with Crippen molar-refractivity contribution in [2.45, 2.75) is 39.5 Å². The van der Waals surface area contributed by atoms with Crippen LogP contribution in [0.2, 0.25) is 0 Å². The molecule has 0 aliphatic carbocycles. The van der Waals surface area contributed by atoms with Gasteiger partial charge in [0.25, 0.3) is 0 Å². The second-order valence-electron chi connectivity index (χ2n) is 4.85. The highest BCUT2D eigenvalue weighted by atomic mass is 15.1. The molecule has 2 nitrogen and oxygen atoms in total. The summed E-state index contributed by atoms with van der Waals surface area (Å²) >= 11 is 0. The summed E-state index contributed by atoms with van der Waals surface area (Å²) in [6, 6.07) is 6.49. The molecule has 0 aliphatic heterocycles. The monoisotopic (exact) mass is 214 g/mol. The van der Waals surface area contributed by atoms with Gasteiger partial charge in [0.15, 0.2) is 0 Å². The first-order chi connectivity index (χ1) is 7.61. The summed E-state index contributed by atoms with van der Waals surface area (Å²) in [5.74, 6) is 1.01. The van der Waals surface area contributed by atoms with E-state index in [1.807, 2.05) is 0 Å². The second kappa shape index (κ2) is 4.20. The molecule has 2 heteroatoms. The van der Waals surface area contributed by atoms with Gasteiger partial charge in [-0.3, -0.25) is 0 Å². The molecular formula is C14H18N2. The minimum atomic E-state index is 0.486. The molecule has 1 aromatic heterocycles. The third kappa shape index (κ3) is 1.80. The Kier molecular flexibility index (Phi) is 2.90. The van der Waals surface area contributed by atoms with Gasteiger partial charge in [0.2, 0.25) is 0 Å². The standard InChI is InChI=1S/C14H18N2/c1-9(2)11-5-6-12(10(3)4)14-13(11)7-8-15-16-14/h5-10H,1-4H3. The van der Waals surface area contributed by atoms with Gasteiger partial charge in [0.1, 0.15) is 0 Å². The van der Waals surface area contributed by atoms with E-state index in [4.69, 9.17) is 0 Å². The van der Waals surface area contributed by atoms with Crippen molar-refractivity contribution in [1.29, 1.82) is 0 Å². The Morgan fingerprint density at radius 1 is 0.875 bits per heavy atom. The molecule has 16 heavy (non-hydrogen) atoms. The molecule has 0 saturated carbocycles. The van der Waals surface area contributed by atoms with Gasteiger partial charge in [-0.1, -0.05) is 39.8 Å². The Hall–Kier alpha value is -1.44. The zero-order chi connectivity index (χ0) is 11.7. The van der Waals surface area contributed by atoms with Crippen LogP contribution in [0, 0.1) is 0 Å². The summed E-state index contributed by atoms with van der Waals surface area (Å²) in [5.41, 5.74) is 3.70. The van der Waals surface area contributed by atoms with Crippen LogP contribution in [-0.2, 0) is 0 Å². The van der Waals surface area contributed by atoms with Crippen molar-refractivity contribution in [3.63, 3.8) is 0 Å². The highest BCUT2D eigenvalue weighted by Gasteiger charge is 2.11. The van der Waals surface area contributed by atoms with Gasteiger partial charge in [-0.25, -0.2) is 0 Å². The molecule has 0 radical (unpaired) electrons. The fourth-order valence-electron chi connectivity index (χ4n) is 2.10. The molecule has 0 spiro atoms. The first-order valence-corrected chi connectivity index (χ1v) is 5.85. The molecular weight excluding hydrogens is 196 g/mol. The van der Waals surface area contributed by atoms with Crippen molar-refractivity contribution in [2.24, 2.45) is 0 Å². The van der Waals surface area contributed by atoms with Crippen LogP contribution < -0.4 is 0 Å². The lowest BCUT2D eigenvalue weighted by Gasteiger charge is -2.14. The van der Waals surface area contributed by atoms with E-state index in [2.05, 4.69) is 56.1 Å². The second-order valence-corrected chi connectivity index (χ2v) is 4.85. The quantitative estimate of drug-likeness (QED) is 0.758. The van der Waals surface area contributed by atoms with Crippen LogP contribution >= 0.6 is 0 Å². The molecule has 0 aliphatic rings. The Morgan fingerprint density at radius 2 is 1.50 bits per heavy atom. The lowest BCUT2D eigenvalue weighted by molar-refractivity contribution is 0.851. The molecule has 1 aromatic carbocycles. The van der Waals surface area contributed by atoms with E-state index in [1.54, 1.807) is 6.20 Å². The average molecular weight is 214 g/mol. The largest absolute Gasteiger partial charge is 0.159 e. The van der Waals surface area contributed by atoms with Gasteiger partial charge in [-0.05, 0) is 29.0 Å². The molecule has 2 rings (SSSR count). The van der Waals surface area contributed by atoms with E-state index in [9.17, 15) is 0 Å². The van der Waals surface area contributed by atoms with Crippen LogP contribution in [0.5, 0.6) is 0 Å². The first-order valence-electron chi connectivity index (χ1n) is 5.85. The van der Waals surface area contributed by atoms with Crippen LogP contribution in [-0.4, -0.2) is 10.2 Å². The van der Waals surface area contributed by atoms with Crippen molar-refractivity contribution in [3.05, 3.63) is 35.5 Å². The van der Waals surface area contributed by atoms with E-state index in [1.165, 1.54) is 16.5 Å². The topological polar surface area (TPSA) is 25.8 Å². The number of aromatic nitrogens is 2. The maximum absolute atomic E-state index is 4.30. The Balaban J connectivity index is 2.77. The van der Waals surface area contributed by atoms with Gasteiger partial charge < -0.3 is 0 Å². The van der Waals surface area contributed by atoms with Gasteiger partial charge >= 0.3 is 0 Å². The number of hydrogen-bond acceptors (Lipinski definition) is 2. The summed E-state index contributed by atoms with van der Waals surface area (Å²) in [5, 5.41) is 9.55. The number of rotatable bonds is 2. The van der Waals surface area contributed by atoms with Crippen LogP contribution in [0.15, 0.2) is 24.4 Å². The van der Waals surface area contributed by atoms with E-state index in [0.717, 1.165) is 5.52 Å². The molecule has 0 bridgehead atoms. The van der Waals surface area contributed by atoms with E-state index in [0.29, 0.717) is 11.8 Å². The fourth-order valence-corrected chi connectivity index (χ4v) is 2.10. The highest BCUT2D eigenvalue weighted by Crippen LogP contribution is 2.29. The third-order valence-electron chi connectivity index (χ3n) is 2.99. The lowest BCUT2D eigenvalue weighted by atomic mass is 9.92. The summed E-state index contributed by atoms with van der Waals surface area (Å²) in [4.78, 5) is 0. The highest BCUT2D eigenvalue weighted by molar-refractivity contribution is 5.85. The summed E-state index contributed by atoms with van der Waals surface area (Å²) in [6.07, 6.45) is 1.78. The van der Waals surface area contributed by atoms with Gasteiger partial charge in [-0.15, -0.1) is 0 Å². The first kappa shape index (κ1) is 11.1. The van der Waals surface area contributed by atoms with Crippen molar-refractivity contribution < 1.29 is 0 Å². The maximum atomic E-state index is 4.30. The number of hydrogen-bond donors (Lipinski definition) is 0. The Labute approximate surface area is 96.7 Å². The lowest BCUT2D eigenvalue weighted by Crippen LogP contribution is -1.98. The van der Waals surface area contributed by atoms with Crippen LogP contribution in [0.1, 0.15) is 50.7 Å². The third-order valence-corrected chi connectivity index (χ3v) is 2.99. The fraction of sp³-hybridized carbons (Fsp3) is 0.429. The molecule has 0 unspecified atom stereocenters. The summed E-state index contributed by atoms with van der Waals surface area (Å²) in [6.45, 7) is 8.81. The van der Waals surface area contributed by atoms with Gasteiger partial charge in [0, 0.05) is 5.39 Å². The Bertz CT molecular complexity index is 455. The molecule has 2 aromatic rings. The van der Waals surface area contributed by atoms with E-state index < -0.39 is 0 Å². The predicted molar refractivity (Wildman–Crippen MR) is 67.7 cm³/mol. The van der Waals surface area contributed by atoms with Crippen molar-refractivity contribution in [3.8, 4) is 0 Å². The van der Waals surface area contributed by atoms with Gasteiger partial charge in [0.05, 0.1) is 11.7 Å². The molecule has 0 saturated heterocycles. The molecule has 0 N–H and O–H groups in total. The van der Waals surface area contributed by atoms with Crippen LogP contribution in [0.25, 0.3) is 10.9 Å². The van der Waals surface area contributed by atoms with Crippen LogP contribution in [0.3, 0.4) is 0 Å². The molecule has 1 heterocycles. The van der Waals surface area contributed by atoms with Crippen molar-refractivity contribution in [1.82, 2.24) is 10.2 Å². The number of fused-ring (bicyclic) bond motifs is 1. The minimum Gasteiger partial charge on any atom is -0.159 e. The zero-order valence-corrected chi connectivity index (χ0v) is 10.4. The zero-order valence-electron chi connectivity index (χ0n) is 10.4. The minimum absolute atomic E-state index is 0.486. The number of benzene rings is 1. The summed E-state index contributed by atoms with van der Waals surface area (Å²) < 4.78 is 0. The maximum Gasteiger partial charge on any atom is 0.0967 e. The number of nitrogens with zero attached hydrogens (tertiary/aromatic N) is 2. The van der Waals surface area contributed by atoms with Crippen molar-refractivity contribution in [2.75, 3.05) is 0 Å². The molecule has 0 amide bonds. The van der Waals surface area contributed by atoms with E-state index in [-0.39, 0.29) is 0 Å². The Morgan fingerprint density at radius 3 is 2.12 bits per heavy atom. The molecule has 0 fully saturated rings. The van der Waals surface area contributed by atoms with Gasteiger partial charge in [-0.2, -0.15) is 10.2 Å². The smallest absolute Gasteiger partial charge is 0.0967 e. The van der Waals surface area contributed by atoms with Crippen molar-refractivity contribution >= 4 is 10.9 Å².